The van der Waals surface area contributed by atoms with Crippen LogP contribution >= 0.6 is 0 Å². The summed E-state index contributed by atoms with van der Waals surface area (Å²) >= 11 is 0. The van der Waals surface area contributed by atoms with Crippen molar-refractivity contribution in [3.8, 4) is 5.75 Å². The first-order valence-corrected chi connectivity index (χ1v) is 6.21. The molecule has 0 aliphatic heterocycles. The fourth-order valence-corrected chi connectivity index (χ4v) is 1.37. The standard InChI is InChI=1S/C14H20O4/c1-3-11(2)17-8-5-9-18-13-7-4-6-12(10-13)14(15)16/h4,6-7,10-11H,3,5,8-9H2,1-2H3,(H,15,16). The van der Waals surface area contributed by atoms with Gasteiger partial charge in [-0.3, -0.25) is 0 Å². The first-order valence-electron chi connectivity index (χ1n) is 6.21. The number of carbonyl (C=O) groups is 1. The van der Waals surface area contributed by atoms with Crippen molar-refractivity contribution < 1.29 is 19.4 Å². The Hall–Kier alpha value is -1.55. The largest absolute Gasteiger partial charge is 0.493 e. The number of hydrogen-bond acceptors (Lipinski definition) is 3. The monoisotopic (exact) mass is 252 g/mol. The lowest BCUT2D eigenvalue weighted by Gasteiger charge is -2.11. The fraction of sp³-hybridized carbons (Fsp3) is 0.500. The van der Waals surface area contributed by atoms with Gasteiger partial charge in [0.15, 0.2) is 0 Å². The summed E-state index contributed by atoms with van der Waals surface area (Å²) in [7, 11) is 0. The van der Waals surface area contributed by atoms with Crippen LogP contribution in [0.4, 0.5) is 0 Å². The van der Waals surface area contributed by atoms with E-state index in [2.05, 4.69) is 6.92 Å². The van der Waals surface area contributed by atoms with Gasteiger partial charge in [-0.2, -0.15) is 0 Å². The number of carboxylic acid groups (broad SMARTS) is 1. The highest BCUT2D eigenvalue weighted by Gasteiger charge is 2.03. The van der Waals surface area contributed by atoms with E-state index in [0.29, 0.717) is 19.0 Å². The van der Waals surface area contributed by atoms with Crippen molar-refractivity contribution in [1.82, 2.24) is 0 Å². The average molecular weight is 252 g/mol. The molecule has 1 unspecified atom stereocenters. The number of hydrogen-bond donors (Lipinski definition) is 1. The molecular weight excluding hydrogens is 232 g/mol. The van der Waals surface area contributed by atoms with Crippen molar-refractivity contribution >= 4 is 5.97 Å². The predicted octanol–water partition coefficient (Wildman–Crippen LogP) is 2.97. The first-order chi connectivity index (χ1) is 8.63. The van der Waals surface area contributed by atoms with Crippen LogP contribution in [-0.2, 0) is 4.74 Å². The maximum absolute atomic E-state index is 10.8. The molecule has 1 aromatic rings. The maximum Gasteiger partial charge on any atom is 0.335 e. The topological polar surface area (TPSA) is 55.8 Å². The molecule has 1 rings (SSSR count). The lowest BCUT2D eigenvalue weighted by Crippen LogP contribution is -2.10. The van der Waals surface area contributed by atoms with Crippen LogP contribution in [0.25, 0.3) is 0 Å². The number of benzene rings is 1. The molecule has 0 bridgehead atoms. The van der Waals surface area contributed by atoms with E-state index in [1.807, 2.05) is 6.92 Å². The Balaban J connectivity index is 2.27. The molecule has 4 heteroatoms. The summed E-state index contributed by atoms with van der Waals surface area (Å²) in [5.41, 5.74) is 0.239. The fourth-order valence-electron chi connectivity index (χ4n) is 1.37. The smallest absolute Gasteiger partial charge is 0.335 e. The second kappa shape index (κ2) is 7.71. The van der Waals surface area contributed by atoms with Crippen molar-refractivity contribution in [3.05, 3.63) is 29.8 Å². The molecule has 0 aliphatic carbocycles. The van der Waals surface area contributed by atoms with E-state index in [-0.39, 0.29) is 11.7 Å². The average Bonchev–Trinajstić information content (AvgIpc) is 2.38. The quantitative estimate of drug-likeness (QED) is 0.723. The van der Waals surface area contributed by atoms with Crippen molar-refractivity contribution in [2.45, 2.75) is 32.8 Å². The molecule has 100 valence electrons. The lowest BCUT2D eigenvalue weighted by atomic mass is 10.2. The molecule has 0 aromatic heterocycles. The molecule has 1 aromatic carbocycles. The van der Waals surface area contributed by atoms with E-state index in [0.717, 1.165) is 12.8 Å². The van der Waals surface area contributed by atoms with Gasteiger partial charge in [-0.05, 0) is 31.5 Å². The van der Waals surface area contributed by atoms with E-state index >= 15 is 0 Å². The summed E-state index contributed by atoms with van der Waals surface area (Å²) < 4.78 is 11.0. The van der Waals surface area contributed by atoms with Gasteiger partial charge in [0, 0.05) is 6.42 Å². The molecule has 0 saturated carbocycles. The highest BCUT2D eigenvalue weighted by atomic mass is 16.5. The number of carboxylic acids is 1. The number of rotatable bonds is 8. The molecule has 4 nitrogen and oxygen atoms in total. The molecule has 0 spiro atoms. The van der Waals surface area contributed by atoms with Crippen LogP contribution in [0.5, 0.6) is 5.75 Å². The zero-order valence-electron chi connectivity index (χ0n) is 10.9. The summed E-state index contributed by atoms with van der Waals surface area (Å²) in [6, 6.07) is 6.50. The lowest BCUT2D eigenvalue weighted by molar-refractivity contribution is 0.0553. The van der Waals surface area contributed by atoms with Gasteiger partial charge in [0.2, 0.25) is 0 Å². The van der Waals surface area contributed by atoms with Gasteiger partial charge in [0.1, 0.15) is 5.75 Å². The van der Waals surface area contributed by atoms with E-state index in [4.69, 9.17) is 14.6 Å². The third kappa shape index (κ3) is 5.19. The van der Waals surface area contributed by atoms with Gasteiger partial charge in [0.05, 0.1) is 24.9 Å². The van der Waals surface area contributed by atoms with Crippen molar-refractivity contribution in [1.29, 1.82) is 0 Å². The van der Waals surface area contributed by atoms with E-state index in [1.54, 1.807) is 18.2 Å². The molecule has 0 radical (unpaired) electrons. The molecule has 18 heavy (non-hydrogen) atoms. The Kier molecular flexibility index (Phi) is 6.22. The van der Waals surface area contributed by atoms with Gasteiger partial charge in [-0.25, -0.2) is 4.79 Å². The Morgan fingerprint density at radius 2 is 2.17 bits per heavy atom. The zero-order chi connectivity index (χ0) is 13.4. The molecule has 0 heterocycles. The second-order valence-electron chi connectivity index (χ2n) is 4.12. The van der Waals surface area contributed by atoms with Crippen LogP contribution in [-0.4, -0.2) is 30.4 Å². The number of aromatic carboxylic acids is 1. The van der Waals surface area contributed by atoms with Crippen LogP contribution in [0.3, 0.4) is 0 Å². The summed E-state index contributed by atoms with van der Waals surface area (Å²) in [5, 5.41) is 8.83. The van der Waals surface area contributed by atoms with Crippen LogP contribution in [0, 0.1) is 0 Å². The van der Waals surface area contributed by atoms with Gasteiger partial charge >= 0.3 is 5.97 Å². The van der Waals surface area contributed by atoms with Gasteiger partial charge < -0.3 is 14.6 Å². The van der Waals surface area contributed by atoms with Gasteiger partial charge in [-0.15, -0.1) is 0 Å². The zero-order valence-corrected chi connectivity index (χ0v) is 10.9. The molecule has 1 atom stereocenters. The minimum atomic E-state index is -0.944. The SMILES string of the molecule is CCC(C)OCCCOc1cccc(C(=O)O)c1. The summed E-state index contributed by atoms with van der Waals surface area (Å²) in [5.74, 6) is -0.362. The van der Waals surface area contributed by atoms with Crippen molar-refractivity contribution in [3.63, 3.8) is 0 Å². The molecular formula is C14H20O4. The molecule has 0 saturated heterocycles. The Bertz CT molecular complexity index is 376. The summed E-state index contributed by atoms with van der Waals surface area (Å²) in [6.45, 7) is 5.31. The highest BCUT2D eigenvalue weighted by molar-refractivity contribution is 5.87. The van der Waals surface area contributed by atoms with Crippen LogP contribution in [0.1, 0.15) is 37.0 Å². The molecule has 0 aliphatic rings. The van der Waals surface area contributed by atoms with E-state index in [9.17, 15) is 4.79 Å². The van der Waals surface area contributed by atoms with Crippen molar-refractivity contribution in [2.24, 2.45) is 0 Å². The van der Waals surface area contributed by atoms with Crippen LogP contribution in [0.2, 0.25) is 0 Å². The van der Waals surface area contributed by atoms with E-state index in [1.165, 1.54) is 6.07 Å². The minimum absolute atomic E-state index is 0.239. The third-order valence-electron chi connectivity index (χ3n) is 2.62. The van der Waals surface area contributed by atoms with Crippen LogP contribution in [0.15, 0.2) is 24.3 Å². The summed E-state index contributed by atoms with van der Waals surface area (Å²) in [4.78, 5) is 10.8. The normalized spacial score (nSPS) is 12.1. The number of ether oxygens (including phenoxy) is 2. The van der Waals surface area contributed by atoms with Gasteiger partial charge in [0.25, 0.3) is 0 Å². The first kappa shape index (κ1) is 14.5. The second-order valence-corrected chi connectivity index (χ2v) is 4.12. The predicted molar refractivity (Wildman–Crippen MR) is 69.2 cm³/mol. The third-order valence-corrected chi connectivity index (χ3v) is 2.62. The Labute approximate surface area is 108 Å². The van der Waals surface area contributed by atoms with E-state index < -0.39 is 5.97 Å². The van der Waals surface area contributed by atoms with Crippen LogP contribution < -0.4 is 4.74 Å². The van der Waals surface area contributed by atoms with Gasteiger partial charge in [-0.1, -0.05) is 13.0 Å². The minimum Gasteiger partial charge on any atom is -0.493 e. The molecule has 0 fully saturated rings. The molecule has 1 N–H and O–H groups in total. The highest BCUT2D eigenvalue weighted by Crippen LogP contribution is 2.13. The molecule has 0 amide bonds. The Morgan fingerprint density at radius 3 is 2.83 bits per heavy atom. The Morgan fingerprint density at radius 1 is 1.39 bits per heavy atom. The van der Waals surface area contributed by atoms with Crippen molar-refractivity contribution in [2.75, 3.05) is 13.2 Å². The maximum atomic E-state index is 10.8. The summed E-state index contributed by atoms with van der Waals surface area (Å²) in [6.07, 6.45) is 2.07.